The van der Waals surface area contributed by atoms with Crippen molar-refractivity contribution in [2.45, 2.75) is 29.6 Å². The van der Waals surface area contributed by atoms with E-state index in [1.54, 1.807) is 13.0 Å². The second kappa shape index (κ2) is 7.19. The molecule has 0 saturated carbocycles. The Labute approximate surface area is 155 Å². The van der Waals surface area contributed by atoms with Crippen LogP contribution in [0.3, 0.4) is 0 Å². The molecule has 1 heterocycles. The predicted molar refractivity (Wildman–Crippen MR) is 94.0 cm³/mol. The molecule has 0 unspecified atom stereocenters. The van der Waals surface area contributed by atoms with Crippen LogP contribution in [0.1, 0.15) is 39.6 Å². The van der Waals surface area contributed by atoms with Crippen LogP contribution in [0, 0.1) is 0 Å². The molecule has 2 aromatic carbocycles. The van der Waals surface area contributed by atoms with Gasteiger partial charge in [-0.1, -0.05) is 19.1 Å². The van der Waals surface area contributed by atoms with Gasteiger partial charge in [0.25, 0.3) is 12.3 Å². The second-order valence-electron chi connectivity index (χ2n) is 6.18. The molecule has 1 aliphatic heterocycles. The van der Waals surface area contributed by atoms with Gasteiger partial charge in [-0.2, -0.15) is 0 Å². The Bertz CT molecular complexity index is 1020. The Morgan fingerprint density at radius 3 is 2.41 bits per heavy atom. The predicted octanol–water partition coefficient (Wildman–Crippen LogP) is 3.18. The Morgan fingerprint density at radius 1 is 1.07 bits per heavy atom. The Kier molecular flexibility index (Phi) is 5.10. The monoisotopic (exact) mass is 393 g/mol. The minimum Gasteiger partial charge on any atom is -0.333 e. The van der Waals surface area contributed by atoms with E-state index in [-0.39, 0.29) is 33.0 Å². The Hall–Kier alpha value is -2.61. The Balaban J connectivity index is 2.08. The second-order valence-corrected chi connectivity index (χ2v) is 8.07. The fourth-order valence-corrected chi connectivity index (χ4v) is 4.79. The smallest absolute Gasteiger partial charge is 0.255 e. The molecule has 0 atom stereocenters. The molecular formula is C19H17F2NO4S. The highest BCUT2D eigenvalue weighted by molar-refractivity contribution is 7.91. The summed E-state index contributed by atoms with van der Waals surface area (Å²) in [4.78, 5) is 25.8. The van der Waals surface area contributed by atoms with Crippen LogP contribution >= 0.6 is 0 Å². The van der Waals surface area contributed by atoms with Gasteiger partial charge in [0.2, 0.25) is 9.84 Å². The number of amides is 1. The molecule has 0 saturated heterocycles. The van der Waals surface area contributed by atoms with Crippen LogP contribution in [0.15, 0.2) is 52.3 Å². The summed E-state index contributed by atoms with van der Waals surface area (Å²) in [5.41, 5.74) is 0.00847. The summed E-state index contributed by atoms with van der Waals surface area (Å²) in [5, 5.41) is 0. The maximum Gasteiger partial charge on any atom is 0.255 e. The normalized spacial score (nSPS) is 14.6. The number of hydrogen-bond acceptors (Lipinski definition) is 4. The van der Waals surface area contributed by atoms with Gasteiger partial charge in [0.15, 0.2) is 5.78 Å². The first kappa shape index (κ1) is 19.2. The van der Waals surface area contributed by atoms with Crippen LogP contribution in [0.4, 0.5) is 8.78 Å². The highest BCUT2D eigenvalue weighted by atomic mass is 32.2. The van der Waals surface area contributed by atoms with Crippen molar-refractivity contribution in [3.8, 4) is 0 Å². The number of alkyl halides is 2. The summed E-state index contributed by atoms with van der Waals surface area (Å²) in [6, 6.07) is 9.52. The number of halogens is 2. The van der Waals surface area contributed by atoms with E-state index in [0.717, 1.165) is 11.0 Å². The van der Waals surface area contributed by atoms with Gasteiger partial charge in [0.05, 0.1) is 16.3 Å². The summed E-state index contributed by atoms with van der Waals surface area (Å²) in [6.45, 7) is 1.13. The molecule has 0 fully saturated rings. The van der Waals surface area contributed by atoms with Crippen molar-refractivity contribution in [2.24, 2.45) is 0 Å². The fourth-order valence-electron chi connectivity index (χ4n) is 3.11. The van der Waals surface area contributed by atoms with E-state index in [2.05, 4.69) is 0 Å². The topological polar surface area (TPSA) is 71.5 Å². The van der Waals surface area contributed by atoms with Crippen LogP contribution < -0.4 is 0 Å². The quantitative estimate of drug-likeness (QED) is 0.668. The molecule has 0 aliphatic carbocycles. The number of benzene rings is 2. The molecule has 0 N–H and O–H groups in total. The third kappa shape index (κ3) is 3.37. The zero-order valence-corrected chi connectivity index (χ0v) is 15.3. The lowest BCUT2D eigenvalue weighted by Gasteiger charge is -2.23. The maximum absolute atomic E-state index is 12.9. The number of sulfone groups is 1. The maximum atomic E-state index is 12.9. The minimum absolute atomic E-state index is 0.0267. The van der Waals surface area contributed by atoms with Crippen molar-refractivity contribution in [1.82, 2.24) is 4.90 Å². The molecule has 0 radical (unpaired) electrons. The number of hydrogen-bond donors (Lipinski definition) is 0. The van der Waals surface area contributed by atoms with Crippen LogP contribution in [-0.2, 0) is 9.84 Å². The first-order chi connectivity index (χ1) is 12.8. The van der Waals surface area contributed by atoms with Crippen molar-refractivity contribution in [3.63, 3.8) is 0 Å². The first-order valence-corrected chi connectivity index (χ1v) is 9.86. The largest absolute Gasteiger partial charge is 0.333 e. The van der Waals surface area contributed by atoms with E-state index in [0.29, 0.717) is 6.42 Å². The molecule has 2 aromatic rings. The highest BCUT2D eigenvalue weighted by Gasteiger charge is 2.35. The van der Waals surface area contributed by atoms with E-state index in [4.69, 9.17) is 0 Å². The highest BCUT2D eigenvalue weighted by Crippen LogP contribution is 2.34. The molecule has 0 bridgehead atoms. The zero-order valence-electron chi connectivity index (χ0n) is 14.5. The van der Waals surface area contributed by atoms with Crippen molar-refractivity contribution in [2.75, 3.05) is 13.1 Å². The molecular weight excluding hydrogens is 376 g/mol. The van der Waals surface area contributed by atoms with Crippen LogP contribution in [0.25, 0.3) is 0 Å². The zero-order chi connectivity index (χ0) is 19.8. The van der Waals surface area contributed by atoms with E-state index in [1.165, 1.54) is 30.3 Å². The van der Waals surface area contributed by atoms with E-state index >= 15 is 0 Å². The van der Waals surface area contributed by atoms with Crippen molar-refractivity contribution in [3.05, 3.63) is 59.2 Å². The minimum atomic E-state index is -3.99. The van der Waals surface area contributed by atoms with E-state index in [1.807, 2.05) is 0 Å². The Morgan fingerprint density at radius 2 is 1.74 bits per heavy atom. The number of rotatable bonds is 5. The summed E-state index contributed by atoms with van der Waals surface area (Å²) >= 11 is 0. The van der Waals surface area contributed by atoms with Gasteiger partial charge in [-0.05, 0) is 36.8 Å². The fraction of sp³-hybridized carbons (Fsp3) is 0.263. The lowest BCUT2D eigenvalue weighted by Crippen LogP contribution is -2.36. The van der Waals surface area contributed by atoms with Gasteiger partial charge in [0.1, 0.15) is 0 Å². The average Bonchev–Trinajstić information content (AvgIpc) is 2.65. The van der Waals surface area contributed by atoms with Crippen LogP contribution in [0.5, 0.6) is 0 Å². The lowest BCUT2D eigenvalue weighted by molar-refractivity contribution is 0.0555. The number of carbonyl (C=O) groups excluding carboxylic acids is 2. The van der Waals surface area contributed by atoms with E-state index < -0.39 is 34.5 Å². The molecule has 0 spiro atoms. The molecule has 8 heteroatoms. The molecule has 27 heavy (non-hydrogen) atoms. The van der Waals surface area contributed by atoms with Crippen molar-refractivity contribution >= 4 is 21.5 Å². The lowest BCUT2D eigenvalue weighted by atomic mass is 10.0. The number of nitrogens with zero attached hydrogens (tertiary/aromatic N) is 1. The standard InChI is InChI=1S/C19H17F2NO4S/c1-2-9-22(11-17(20)21)19(24)12-7-8-14-16(10-12)27(25,26)15-6-4-3-5-13(15)18(14)23/h3-8,10,17H,2,9,11H2,1H3. The summed E-state index contributed by atoms with van der Waals surface area (Å²) < 4.78 is 51.3. The van der Waals surface area contributed by atoms with Gasteiger partial charge < -0.3 is 4.90 Å². The van der Waals surface area contributed by atoms with Crippen LogP contribution in [0.2, 0.25) is 0 Å². The number of fused-ring (bicyclic) bond motifs is 2. The molecule has 3 rings (SSSR count). The third-order valence-electron chi connectivity index (χ3n) is 4.32. The number of ketones is 1. The summed E-state index contributed by atoms with van der Waals surface area (Å²) in [6.07, 6.45) is -2.22. The van der Waals surface area contributed by atoms with Crippen LogP contribution in [-0.4, -0.2) is 44.5 Å². The number of carbonyl (C=O) groups is 2. The van der Waals surface area contributed by atoms with Gasteiger partial charge in [-0.3, -0.25) is 9.59 Å². The molecule has 1 aliphatic rings. The summed E-state index contributed by atoms with van der Waals surface area (Å²) in [7, 11) is -3.99. The third-order valence-corrected chi connectivity index (χ3v) is 6.17. The van der Waals surface area contributed by atoms with E-state index in [9.17, 15) is 26.8 Å². The molecule has 1 amide bonds. The first-order valence-electron chi connectivity index (χ1n) is 8.37. The summed E-state index contributed by atoms with van der Waals surface area (Å²) in [5.74, 6) is -1.14. The van der Waals surface area contributed by atoms with Gasteiger partial charge in [-0.25, -0.2) is 17.2 Å². The average molecular weight is 393 g/mol. The van der Waals surface area contributed by atoms with Gasteiger partial charge >= 0.3 is 0 Å². The molecule has 0 aromatic heterocycles. The van der Waals surface area contributed by atoms with Gasteiger partial charge in [-0.15, -0.1) is 0 Å². The molecule has 142 valence electrons. The molecule has 5 nitrogen and oxygen atoms in total. The SMILES string of the molecule is CCCN(CC(F)F)C(=O)c1ccc2c(c1)S(=O)(=O)c1ccccc1C2=O. The van der Waals surface area contributed by atoms with Crippen molar-refractivity contribution in [1.29, 1.82) is 0 Å². The van der Waals surface area contributed by atoms with Crippen molar-refractivity contribution < 1.29 is 26.8 Å². The van der Waals surface area contributed by atoms with Gasteiger partial charge in [0, 0.05) is 23.2 Å².